The average Bonchev–Trinajstić information content (AvgIpc) is 2.34. The molecule has 2 amide bonds. The smallest absolute Gasteiger partial charge is 0.223 e. The summed E-state index contributed by atoms with van der Waals surface area (Å²) in [7, 11) is 3.96. The summed E-state index contributed by atoms with van der Waals surface area (Å²) in [6.07, 6.45) is 1.72. The van der Waals surface area contributed by atoms with Crippen LogP contribution in [0.1, 0.15) is 33.6 Å². The van der Waals surface area contributed by atoms with E-state index in [0.717, 1.165) is 19.4 Å². The maximum absolute atomic E-state index is 11.8. The van der Waals surface area contributed by atoms with E-state index in [9.17, 15) is 9.59 Å². The lowest BCUT2D eigenvalue weighted by Crippen LogP contribution is -2.41. The number of nitrogens with one attached hydrogen (secondary N) is 1. The normalized spacial score (nSPS) is 10.9. The van der Waals surface area contributed by atoms with Gasteiger partial charge >= 0.3 is 0 Å². The lowest BCUT2D eigenvalue weighted by Gasteiger charge is -2.23. The van der Waals surface area contributed by atoms with E-state index in [1.54, 1.807) is 11.8 Å². The molecule has 0 radical (unpaired) electrons. The Bertz CT molecular complexity index is 276. The molecule has 0 atom stereocenters. The van der Waals surface area contributed by atoms with Gasteiger partial charge in [0.1, 0.15) is 0 Å². The van der Waals surface area contributed by atoms with Crippen LogP contribution in [0.2, 0.25) is 0 Å². The highest BCUT2D eigenvalue weighted by atomic mass is 16.2. The SMILES string of the molecule is CCC(CC)C(=O)NCCN(CCN(C)C)C(C)=O. The van der Waals surface area contributed by atoms with Gasteiger partial charge in [-0.2, -0.15) is 0 Å². The predicted octanol–water partition coefficient (Wildman–Crippen LogP) is 0.949. The first-order valence-electron chi connectivity index (χ1n) is 7.10. The number of carbonyl (C=O) groups is 2. The Morgan fingerprint density at radius 3 is 2.05 bits per heavy atom. The van der Waals surface area contributed by atoms with Gasteiger partial charge in [0.15, 0.2) is 0 Å². The van der Waals surface area contributed by atoms with Crippen molar-refractivity contribution < 1.29 is 9.59 Å². The molecule has 0 fully saturated rings. The van der Waals surface area contributed by atoms with Crippen LogP contribution in [-0.4, -0.2) is 61.9 Å². The van der Waals surface area contributed by atoms with Gasteiger partial charge in [-0.15, -0.1) is 0 Å². The fourth-order valence-corrected chi connectivity index (χ4v) is 1.87. The van der Waals surface area contributed by atoms with Crippen molar-refractivity contribution in [2.75, 3.05) is 40.3 Å². The van der Waals surface area contributed by atoms with Gasteiger partial charge in [0.05, 0.1) is 0 Å². The molecule has 0 aromatic rings. The maximum Gasteiger partial charge on any atom is 0.223 e. The lowest BCUT2D eigenvalue weighted by molar-refractivity contribution is -0.130. The summed E-state index contributed by atoms with van der Waals surface area (Å²) in [4.78, 5) is 27.1. The van der Waals surface area contributed by atoms with Gasteiger partial charge in [-0.1, -0.05) is 13.8 Å². The second kappa shape index (κ2) is 9.78. The minimum atomic E-state index is 0.0543. The van der Waals surface area contributed by atoms with Crippen molar-refractivity contribution in [1.82, 2.24) is 15.1 Å². The van der Waals surface area contributed by atoms with Gasteiger partial charge in [0.2, 0.25) is 11.8 Å². The van der Waals surface area contributed by atoms with Gasteiger partial charge in [0.25, 0.3) is 0 Å². The third-order valence-corrected chi connectivity index (χ3v) is 3.30. The third-order valence-electron chi connectivity index (χ3n) is 3.30. The number of amides is 2. The van der Waals surface area contributed by atoms with E-state index in [2.05, 4.69) is 5.32 Å². The van der Waals surface area contributed by atoms with E-state index >= 15 is 0 Å². The monoisotopic (exact) mass is 271 g/mol. The molecule has 19 heavy (non-hydrogen) atoms. The summed E-state index contributed by atoms with van der Waals surface area (Å²) < 4.78 is 0. The first kappa shape index (κ1) is 17.9. The first-order chi connectivity index (χ1) is 8.92. The van der Waals surface area contributed by atoms with E-state index in [1.807, 2.05) is 32.8 Å². The molecule has 0 aliphatic rings. The molecule has 1 N–H and O–H groups in total. The number of rotatable bonds is 9. The molecule has 0 unspecified atom stereocenters. The van der Waals surface area contributed by atoms with Crippen LogP contribution >= 0.6 is 0 Å². The molecule has 0 spiro atoms. The van der Waals surface area contributed by atoms with E-state index in [0.29, 0.717) is 19.6 Å². The topological polar surface area (TPSA) is 52.7 Å². The zero-order valence-electron chi connectivity index (χ0n) is 13.0. The molecule has 0 heterocycles. The number of hydrogen-bond acceptors (Lipinski definition) is 3. The minimum Gasteiger partial charge on any atom is -0.354 e. The molecule has 0 aromatic heterocycles. The average molecular weight is 271 g/mol. The molecule has 0 aliphatic heterocycles. The fraction of sp³-hybridized carbons (Fsp3) is 0.857. The highest BCUT2D eigenvalue weighted by Crippen LogP contribution is 2.06. The standard InChI is InChI=1S/C14H29N3O2/c1-6-13(7-2)14(19)15-8-9-17(12(3)18)11-10-16(4)5/h13H,6-11H2,1-5H3,(H,15,19). The third kappa shape index (κ3) is 7.82. The Labute approximate surface area is 117 Å². The van der Waals surface area contributed by atoms with Crippen molar-refractivity contribution in [3.63, 3.8) is 0 Å². The maximum atomic E-state index is 11.8. The molecular formula is C14H29N3O2. The van der Waals surface area contributed by atoms with E-state index in [1.165, 1.54) is 0 Å². The zero-order chi connectivity index (χ0) is 14.8. The van der Waals surface area contributed by atoms with Gasteiger partial charge in [-0.25, -0.2) is 0 Å². The number of carbonyl (C=O) groups excluding carboxylic acids is 2. The van der Waals surface area contributed by atoms with Crippen LogP contribution in [0, 0.1) is 5.92 Å². The Morgan fingerprint density at radius 2 is 1.63 bits per heavy atom. The molecule has 5 nitrogen and oxygen atoms in total. The van der Waals surface area contributed by atoms with Crippen molar-refractivity contribution in [1.29, 1.82) is 0 Å². The minimum absolute atomic E-state index is 0.0543. The van der Waals surface area contributed by atoms with Crippen molar-refractivity contribution in [2.45, 2.75) is 33.6 Å². The summed E-state index contributed by atoms with van der Waals surface area (Å²) in [5.41, 5.74) is 0. The lowest BCUT2D eigenvalue weighted by atomic mass is 10.0. The molecule has 0 saturated heterocycles. The van der Waals surface area contributed by atoms with Crippen molar-refractivity contribution in [3.05, 3.63) is 0 Å². The van der Waals surface area contributed by atoms with Crippen LogP contribution in [0.5, 0.6) is 0 Å². The summed E-state index contributed by atoms with van der Waals surface area (Å²) in [6.45, 7) is 8.25. The van der Waals surface area contributed by atoms with E-state index in [-0.39, 0.29) is 17.7 Å². The van der Waals surface area contributed by atoms with Crippen molar-refractivity contribution in [3.8, 4) is 0 Å². The Kier molecular flexibility index (Phi) is 9.21. The molecular weight excluding hydrogens is 242 g/mol. The van der Waals surface area contributed by atoms with E-state index in [4.69, 9.17) is 0 Å². The van der Waals surface area contributed by atoms with Crippen LogP contribution in [0.4, 0.5) is 0 Å². The molecule has 112 valence electrons. The first-order valence-corrected chi connectivity index (χ1v) is 7.10. The quantitative estimate of drug-likeness (QED) is 0.679. The van der Waals surface area contributed by atoms with Crippen LogP contribution in [-0.2, 0) is 9.59 Å². The molecule has 0 bridgehead atoms. The van der Waals surface area contributed by atoms with E-state index < -0.39 is 0 Å². The van der Waals surface area contributed by atoms with Crippen LogP contribution in [0.15, 0.2) is 0 Å². The molecule has 5 heteroatoms. The highest BCUT2D eigenvalue weighted by Gasteiger charge is 2.14. The molecule has 0 saturated carbocycles. The van der Waals surface area contributed by atoms with Gasteiger partial charge in [-0.3, -0.25) is 9.59 Å². The summed E-state index contributed by atoms with van der Waals surface area (Å²) >= 11 is 0. The second-order valence-electron chi connectivity index (χ2n) is 5.11. The summed E-state index contributed by atoms with van der Waals surface area (Å²) in [5, 5.41) is 2.91. The highest BCUT2D eigenvalue weighted by molar-refractivity contribution is 5.78. The number of likely N-dealkylation sites (N-methyl/N-ethyl adjacent to an activating group) is 1. The Balaban J connectivity index is 4.05. The van der Waals surface area contributed by atoms with Crippen LogP contribution in [0.3, 0.4) is 0 Å². The number of nitrogens with zero attached hydrogens (tertiary/aromatic N) is 2. The second-order valence-corrected chi connectivity index (χ2v) is 5.11. The Hall–Kier alpha value is -1.10. The summed E-state index contributed by atoms with van der Waals surface area (Å²) in [6, 6.07) is 0. The van der Waals surface area contributed by atoms with Gasteiger partial charge < -0.3 is 15.1 Å². The Morgan fingerprint density at radius 1 is 1.05 bits per heavy atom. The molecule has 0 rings (SSSR count). The van der Waals surface area contributed by atoms with Gasteiger partial charge in [-0.05, 0) is 26.9 Å². The van der Waals surface area contributed by atoms with Crippen LogP contribution in [0.25, 0.3) is 0 Å². The molecule has 0 aromatic carbocycles. The van der Waals surface area contributed by atoms with Crippen molar-refractivity contribution >= 4 is 11.8 Å². The zero-order valence-corrected chi connectivity index (χ0v) is 13.0. The predicted molar refractivity (Wildman–Crippen MR) is 77.9 cm³/mol. The molecule has 0 aliphatic carbocycles. The summed E-state index contributed by atoms with van der Waals surface area (Å²) in [5.74, 6) is 0.243. The van der Waals surface area contributed by atoms with Gasteiger partial charge in [0, 0.05) is 39.0 Å². The van der Waals surface area contributed by atoms with Crippen LogP contribution < -0.4 is 5.32 Å². The number of hydrogen-bond donors (Lipinski definition) is 1. The fourth-order valence-electron chi connectivity index (χ4n) is 1.87. The largest absolute Gasteiger partial charge is 0.354 e. The van der Waals surface area contributed by atoms with Crippen molar-refractivity contribution in [2.24, 2.45) is 5.92 Å².